The summed E-state index contributed by atoms with van der Waals surface area (Å²) in [5, 5.41) is 14.4. The molecule has 0 saturated carbocycles. The molecule has 0 amide bonds. The number of hydrogen-bond acceptors (Lipinski definition) is 2. The van der Waals surface area contributed by atoms with Crippen molar-refractivity contribution in [2.75, 3.05) is 9.80 Å². The van der Waals surface area contributed by atoms with Gasteiger partial charge in [0.1, 0.15) is 0 Å². The molecule has 0 heterocycles. The Morgan fingerprint density at radius 2 is 0.523 bits per heavy atom. The second-order valence-corrected chi connectivity index (χ2v) is 24.7. The molecule has 2 aliphatic rings. The van der Waals surface area contributed by atoms with Crippen molar-refractivity contribution in [2.45, 2.75) is 38.5 Å². The second kappa shape index (κ2) is 19.0. The van der Waals surface area contributed by atoms with Gasteiger partial charge in [0.2, 0.25) is 0 Å². The van der Waals surface area contributed by atoms with Crippen molar-refractivity contribution >= 4 is 98.8 Å². The highest BCUT2D eigenvalue weighted by Crippen LogP contribution is 2.56. The van der Waals surface area contributed by atoms with E-state index in [1.54, 1.807) is 0 Å². The van der Waals surface area contributed by atoms with Gasteiger partial charge in [-0.3, -0.25) is 0 Å². The lowest BCUT2D eigenvalue weighted by Crippen LogP contribution is -2.15. The van der Waals surface area contributed by atoms with Crippen LogP contribution in [0.15, 0.2) is 291 Å². The normalized spacial score (nSPS) is 13.5. The molecule has 0 bridgehead atoms. The Hall–Kier alpha value is -10.5. The predicted octanol–water partition coefficient (Wildman–Crippen LogP) is 23.5. The van der Waals surface area contributed by atoms with Crippen molar-refractivity contribution in [3.05, 3.63) is 313 Å². The average molecular weight is 1100 g/mol. The Balaban J connectivity index is 1.02. The molecular formula is C84H60N2. The third-order valence-electron chi connectivity index (χ3n) is 19.4. The fraction of sp³-hybridized carbons (Fsp3) is 0.0714. The van der Waals surface area contributed by atoms with Crippen LogP contribution in [-0.2, 0) is 10.8 Å². The Kier molecular flexibility index (Phi) is 11.0. The summed E-state index contributed by atoms with van der Waals surface area (Å²) in [5.74, 6) is 0. The highest BCUT2D eigenvalue weighted by atomic mass is 15.2. The summed E-state index contributed by atoms with van der Waals surface area (Å²) in [4.78, 5) is 5.04. The van der Waals surface area contributed by atoms with Crippen LogP contribution in [0.4, 0.5) is 34.1 Å². The molecule has 0 fully saturated rings. The summed E-state index contributed by atoms with van der Waals surface area (Å²) in [7, 11) is 0. The van der Waals surface area contributed by atoms with E-state index in [-0.39, 0.29) is 10.8 Å². The van der Waals surface area contributed by atoms with Gasteiger partial charge in [-0.2, -0.15) is 0 Å². The highest BCUT2D eigenvalue weighted by Gasteiger charge is 2.38. The highest BCUT2D eigenvalue weighted by molar-refractivity contribution is 6.24. The van der Waals surface area contributed by atoms with Crippen molar-refractivity contribution in [2.24, 2.45) is 0 Å². The second-order valence-electron chi connectivity index (χ2n) is 24.7. The van der Waals surface area contributed by atoms with Crippen LogP contribution in [0.3, 0.4) is 0 Å². The van der Waals surface area contributed by atoms with Crippen LogP contribution < -0.4 is 9.80 Å². The largest absolute Gasteiger partial charge is 0.309 e. The van der Waals surface area contributed by atoms with Crippen LogP contribution in [0, 0.1) is 0 Å². The van der Waals surface area contributed by atoms with Crippen molar-refractivity contribution in [3.63, 3.8) is 0 Å². The number of benzene rings is 15. The van der Waals surface area contributed by atoms with Crippen molar-refractivity contribution in [3.8, 4) is 44.5 Å². The maximum absolute atomic E-state index is 2.53. The molecule has 2 aliphatic carbocycles. The first kappa shape index (κ1) is 50.0. The zero-order valence-electron chi connectivity index (χ0n) is 48.6. The molecule has 0 spiro atoms. The van der Waals surface area contributed by atoms with Gasteiger partial charge in [-0.1, -0.05) is 258 Å². The zero-order chi connectivity index (χ0) is 57.4. The summed E-state index contributed by atoms with van der Waals surface area (Å²) in [6.07, 6.45) is 0. The van der Waals surface area contributed by atoms with E-state index < -0.39 is 0 Å². The summed E-state index contributed by atoms with van der Waals surface area (Å²) < 4.78 is 0. The molecule has 0 unspecified atom stereocenters. The van der Waals surface area contributed by atoms with Gasteiger partial charge in [-0.15, -0.1) is 0 Å². The van der Waals surface area contributed by atoms with Gasteiger partial charge in [0.05, 0.1) is 22.7 Å². The Morgan fingerprint density at radius 1 is 0.221 bits per heavy atom. The van der Waals surface area contributed by atoms with Crippen molar-refractivity contribution in [1.29, 1.82) is 0 Å². The molecule has 0 saturated heterocycles. The first-order valence-electron chi connectivity index (χ1n) is 30.2. The molecule has 0 aromatic heterocycles. The third kappa shape index (κ3) is 7.45. The molecule has 2 heteroatoms. The minimum atomic E-state index is -0.211. The fourth-order valence-corrected chi connectivity index (χ4v) is 15.3. The Morgan fingerprint density at radius 3 is 0.884 bits per heavy atom. The number of anilines is 6. The molecule has 86 heavy (non-hydrogen) atoms. The molecule has 15 aromatic rings. The first-order chi connectivity index (χ1) is 42.2. The number of hydrogen-bond donors (Lipinski definition) is 0. The van der Waals surface area contributed by atoms with Gasteiger partial charge < -0.3 is 9.80 Å². The number of fused-ring (bicyclic) bond motifs is 12. The SMILES string of the molecule is CC1(C)c2ccccc2-c2ccc(-c3c4ccc(N(c5cccc6ccccc56)c5cccc6ccccc56)cc4c(-c4ccc5c(c4)C(C)(C)c4ccccc4-5)c4ccc(N(c5cccc6ccccc56)c5cccc6ccccc56)cc34)cc21. The maximum atomic E-state index is 2.53. The van der Waals surface area contributed by atoms with Crippen LogP contribution >= 0.6 is 0 Å². The smallest absolute Gasteiger partial charge is 0.0540 e. The van der Waals surface area contributed by atoms with E-state index in [9.17, 15) is 0 Å². The van der Waals surface area contributed by atoms with Crippen LogP contribution in [0.25, 0.3) is 109 Å². The molecule has 2 nitrogen and oxygen atoms in total. The Bertz CT molecular complexity index is 4820. The standard InChI is InChI=1S/C84H60N2/c1-83(2)73-35-15-13-33-65(73)67-45-41-57(49-75(67)83)81-69-47-43-60(86(79-39-19-27-55-23-7-11-31-63(55)79)80-40-20-28-56-24-8-12-32-64(56)80)52-72(69)82(58-42-46-68-66-34-14-16-36-74(66)84(3,4)76(68)50-58)70-48-44-59(51-71(70)81)85(77-37-17-25-53-21-5-9-29-61(53)77)78-38-18-26-54-22-6-10-30-62(54)78/h5-52H,1-4H3. The first-order valence-corrected chi connectivity index (χ1v) is 30.2. The minimum absolute atomic E-state index is 0.211. The zero-order valence-corrected chi connectivity index (χ0v) is 48.6. The molecule has 17 rings (SSSR count). The van der Waals surface area contributed by atoms with Gasteiger partial charge in [-0.25, -0.2) is 0 Å². The topological polar surface area (TPSA) is 6.48 Å². The minimum Gasteiger partial charge on any atom is -0.309 e. The number of rotatable bonds is 8. The van der Waals surface area contributed by atoms with E-state index in [1.165, 1.54) is 131 Å². The van der Waals surface area contributed by atoms with Crippen molar-refractivity contribution in [1.82, 2.24) is 0 Å². The van der Waals surface area contributed by atoms with E-state index >= 15 is 0 Å². The molecular weight excluding hydrogens is 1040 g/mol. The van der Waals surface area contributed by atoms with E-state index in [0.717, 1.165) is 34.1 Å². The lowest BCUT2D eigenvalue weighted by molar-refractivity contribution is 0.660. The van der Waals surface area contributed by atoms with Crippen LogP contribution in [0.2, 0.25) is 0 Å². The van der Waals surface area contributed by atoms with Crippen LogP contribution in [0.1, 0.15) is 49.9 Å². The Labute approximate surface area is 502 Å². The lowest BCUT2D eigenvalue weighted by Gasteiger charge is -2.30. The molecule has 0 radical (unpaired) electrons. The van der Waals surface area contributed by atoms with Crippen LogP contribution in [0.5, 0.6) is 0 Å². The lowest BCUT2D eigenvalue weighted by atomic mass is 9.79. The molecule has 0 aliphatic heterocycles. The van der Waals surface area contributed by atoms with E-state index in [1.807, 2.05) is 0 Å². The van der Waals surface area contributed by atoms with E-state index in [2.05, 4.69) is 329 Å². The summed E-state index contributed by atoms with van der Waals surface area (Å²) in [6, 6.07) is 110. The van der Waals surface area contributed by atoms with Crippen molar-refractivity contribution < 1.29 is 0 Å². The van der Waals surface area contributed by atoms with Crippen LogP contribution in [-0.4, -0.2) is 0 Å². The van der Waals surface area contributed by atoms with E-state index in [0.29, 0.717) is 0 Å². The number of nitrogens with zero attached hydrogens (tertiary/aromatic N) is 2. The molecule has 0 N–H and O–H groups in total. The van der Waals surface area contributed by atoms with Gasteiger partial charge in [0, 0.05) is 43.7 Å². The van der Waals surface area contributed by atoms with Gasteiger partial charge in [0.15, 0.2) is 0 Å². The van der Waals surface area contributed by atoms with Gasteiger partial charge in [-0.05, 0) is 171 Å². The third-order valence-corrected chi connectivity index (χ3v) is 19.4. The molecule has 15 aromatic carbocycles. The van der Waals surface area contributed by atoms with Gasteiger partial charge >= 0.3 is 0 Å². The molecule has 0 atom stereocenters. The van der Waals surface area contributed by atoms with E-state index in [4.69, 9.17) is 0 Å². The summed E-state index contributed by atoms with van der Waals surface area (Å²) in [5.41, 5.74) is 21.8. The quantitative estimate of drug-likeness (QED) is 0.140. The fourth-order valence-electron chi connectivity index (χ4n) is 15.3. The van der Waals surface area contributed by atoms with Gasteiger partial charge in [0.25, 0.3) is 0 Å². The summed E-state index contributed by atoms with van der Waals surface area (Å²) >= 11 is 0. The average Bonchev–Trinajstić information content (AvgIpc) is 1.34. The molecule has 406 valence electrons. The monoisotopic (exact) mass is 1100 g/mol. The summed E-state index contributed by atoms with van der Waals surface area (Å²) in [6.45, 7) is 9.61. The predicted molar refractivity (Wildman–Crippen MR) is 367 cm³/mol. The maximum Gasteiger partial charge on any atom is 0.0540 e.